The number of rotatable bonds is 7. The van der Waals surface area contributed by atoms with Gasteiger partial charge in [0, 0.05) is 46.4 Å². The molecule has 0 aliphatic carbocycles. The fourth-order valence-electron chi connectivity index (χ4n) is 2.11. The van der Waals surface area contributed by atoms with Crippen LogP contribution in [0.1, 0.15) is 0 Å². The predicted molar refractivity (Wildman–Crippen MR) is 74.7 cm³/mol. The van der Waals surface area contributed by atoms with E-state index in [9.17, 15) is 9.59 Å². The maximum atomic E-state index is 12.3. The number of urea groups is 1. The molecule has 0 bridgehead atoms. The number of piperazine rings is 1. The summed E-state index contributed by atoms with van der Waals surface area (Å²) in [6.07, 6.45) is 1.69. The van der Waals surface area contributed by atoms with E-state index in [1.165, 1.54) is 0 Å². The largest absolute Gasteiger partial charge is 0.480 e. The molecular formula is C13H23N3O4. The third-order valence-corrected chi connectivity index (χ3v) is 3.19. The number of hydrogen-bond acceptors (Lipinski definition) is 4. The van der Waals surface area contributed by atoms with Crippen LogP contribution in [0.25, 0.3) is 0 Å². The molecule has 20 heavy (non-hydrogen) atoms. The normalized spacial score (nSPS) is 15.9. The number of hydrogen-bond donors (Lipinski definition) is 1. The fraction of sp³-hybridized carbons (Fsp3) is 0.692. The molecule has 1 saturated heterocycles. The van der Waals surface area contributed by atoms with Crippen molar-refractivity contribution in [3.63, 3.8) is 0 Å². The second-order valence-electron chi connectivity index (χ2n) is 4.67. The molecule has 7 nitrogen and oxygen atoms in total. The Morgan fingerprint density at radius 3 is 2.50 bits per heavy atom. The number of aliphatic carboxylic acids is 1. The van der Waals surface area contributed by atoms with Gasteiger partial charge in [-0.3, -0.25) is 9.69 Å². The first-order chi connectivity index (χ1) is 9.58. The lowest BCUT2D eigenvalue weighted by atomic mass is 10.3. The summed E-state index contributed by atoms with van der Waals surface area (Å²) in [5.74, 6) is -0.835. The van der Waals surface area contributed by atoms with E-state index in [1.54, 1.807) is 23.0 Å². The van der Waals surface area contributed by atoms with Gasteiger partial charge in [0.2, 0.25) is 0 Å². The Hall–Kier alpha value is -1.60. The van der Waals surface area contributed by atoms with E-state index >= 15 is 0 Å². The lowest BCUT2D eigenvalue weighted by Crippen LogP contribution is -2.54. The summed E-state index contributed by atoms with van der Waals surface area (Å²) in [5, 5.41) is 8.74. The van der Waals surface area contributed by atoms with E-state index in [0.717, 1.165) is 0 Å². The molecule has 114 valence electrons. The van der Waals surface area contributed by atoms with Crippen molar-refractivity contribution in [3.05, 3.63) is 12.7 Å². The second kappa shape index (κ2) is 8.55. The summed E-state index contributed by atoms with van der Waals surface area (Å²) >= 11 is 0. The van der Waals surface area contributed by atoms with Crippen LogP contribution >= 0.6 is 0 Å². The van der Waals surface area contributed by atoms with Crippen LogP contribution in [-0.4, -0.2) is 91.3 Å². The number of carboxylic acid groups (broad SMARTS) is 1. The fourth-order valence-corrected chi connectivity index (χ4v) is 2.11. The van der Waals surface area contributed by atoms with Gasteiger partial charge in [0.1, 0.15) is 0 Å². The minimum absolute atomic E-state index is 0.0298. The van der Waals surface area contributed by atoms with E-state index in [0.29, 0.717) is 45.9 Å². The Bertz CT molecular complexity index is 341. The molecule has 0 saturated carbocycles. The first-order valence-corrected chi connectivity index (χ1v) is 6.66. The van der Waals surface area contributed by atoms with Gasteiger partial charge in [-0.1, -0.05) is 6.08 Å². The van der Waals surface area contributed by atoms with Crippen molar-refractivity contribution in [3.8, 4) is 0 Å². The van der Waals surface area contributed by atoms with Crippen molar-refractivity contribution < 1.29 is 19.4 Å². The third kappa shape index (κ3) is 5.18. The molecule has 0 aromatic heterocycles. The van der Waals surface area contributed by atoms with Gasteiger partial charge in [-0.05, 0) is 0 Å². The zero-order chi connectivity index (χ0) is 15.0. The molecule has 1 fully saturated rings. The van der Waals surface area contributed by atoms with Crippen molar-refractivity contribution in [2.24, 2.45) is 0 Å². The Morgan fingerprint density at radius 2 is 2.00 bits per heavy atom. The summed E-state index contributed by atoms with van der Waals surface area (Å²) in [4.78, 5) is 28.2. The molecule has 0 atom stereocenters. The van der Waals surface area contributed by atoms with Crippen molar-refractivity contribution in [1.29, 1.82) is 0 Å². The number of carbonyl (C=O) groups excluding carboxylic acids is 1. The van der Waals surface area contributed by atoms with E-state index in [2.05, 4.69) is 6.58 Å². The molecule has 7 heteroatoms. The SMILES string of the molecule is C=CCN(CCOC)C(=O)N1CCN(CC(=O)O)CC1. The van der Waals surface area contributed by atoms with Gasteiger partial charge in [-0.2, -0.15) is 0 Å². The van der Waals surface area contributed by atoms with Crippen LogP contribution < -0.4 is 0 Å². The van der Waals surface area contributed by atoms with Gasteiger partial charge in [-0.25, -0.2) is 4.79 Å². The number of ether oxygens (including phenoxy) is 1. The maximum absolute atomic E-state index is 12.3. The average Bonchev–Trinajstić information content (AvgIpc) is 2.43. The van der Waals surface area contributed by atoms with Crippen LogP contribution in [0.4, 0.5) is 4.79 Å². The molecule has 0 aromatic rings. The first-order valence-electron chi connectivity index (χ1n) is 6.66. The highest BCUT2D eigenvalue weighted by Crippen LogP contribution is 2.06. The van der Waals surface area contributed by atoms with Gasteiger partial charge in [0.15, 0.2) is 0 Å². The zero-order valence-electron chi connectivity index (χ0n) is 12.0. The lowest BCUT2D eigenvalue weighted by Gasteiger charge is -2.36. The van der Waals surface area contributed by atoms with Gasteiger partial charge >= 0.3 is 12.0 Å². The summed E-state index contributed by atoms with van der Waals surface area (Å²) in [5.41, 5.74) is 0. The molecule has 1 rings (SSSR count). The summed E-state index contributed by atoms with van der Waals surface area (Å²) in [6, 6.07) is -0.0445. The van der Waals surface area contributed by atoms with Crippen LogP contribution in [0.5, 0.6) is 0 Å². The Balaban J connectivity index is 2.46. The number of amides is 2. The molecule has 1 aliphatic heterocycles. The molecule has 0 radical (unpaired) electrons. The Morgan fingerprint density at radius 1 is 1.35 bits per heavy atom. The average molecular weight is 285 g/mol. The number of carboxylic acids is 1. The van der Waals surface area contributed by atoms with Gasteiger partial charge in [0.05, 0.1) is 13.2 Å². The summed E-state index contributed by atoms with van der Waals surface area (Å²) in [7, 11) is 1.60. The van der Waals surface area contributed by atoms with E-state index in [-0.39, 0.29) is 12.6 Å². The van der Waals surface area contributed by atoms with E-state index in [1.807, 2.05) is 4.90 Å². The highest BCUT2D eigenvalue weighted by molar-refractivity contribution is 5.75. The first kappa shape index (κ1) is 16.5. The number of carbonyl (C=O) groups is 2. The Kier molecular flexibility index (Phi) is 7.03. The number of nitrogens with zero attached hydrogens (tertiary/aromatic N) is 3. The van der Waals surface area contributed by atoms with Gasteiger partial charge in [-0.15, -0.1) is 6.58 Å². The van der Waals surface area contributed by atoms with E-state index in [4.69, 9.17) is 9.84 Å². The molecular weight excluding hydrogens is 262 g/mol. The Labute approximate surface area is 119 Å². The van der Waals surface area contributed by atoms with E-state index < -0.39 is 5.97 Å². The third-order valence-electron chi connectivity index (χ3n) is 3.19. The molecule has 1 N–H and O–H groups in total. The van der Waals surface area contributed by atoms with Crippen LogP contribution in [0.3, 0.4) is 0 Å². The van der Waals surface area contributed by atoms with Crippen molar-refractivity contribution in [1.82, 2.24) is 14.7 Å². The molecule has 0 spiro atoms. The van der Waals surface area contributed by atoms with Gasteiger partial charge in [0.25, 0.3) is 0 Å². The lowest BCUT2D eigenvalue weighted by molar-refractivity contribution is -0.138. The molecule has 2 amide bonds. The van der Waals surface area contributed by atoms with Crippen molar-refractivity contribution in [2.45, 2.75) is 0 Å². The van der Waals surface area contributed by atoms with Crippen LogP contribution in [0.15, 0.2) is 12.7 Å². The van der Waals surface area contributed by atoms with Crippen molar-refractivity contribution in [2.75, 3.05) is 59.5 Å². The van der Waals surface area contributed by atoms with Crippen molar-refractivity contribution >= 4 is 12.0 Å². The number of methoxy groups -OCH3 is 1. The second-order valence-corrected chi connectivity index (χ2v) is 4.67. The molecule has 1 heterocycles. The smallest absolute Gasteiger partial charge is 0.320 e. The molecule has 0 unspecified atom stereocenters. The molecule has 1 aliphatic rings. The molecule has 0 aromatic carbocycles. The quantitative estimate of drug-likeness (QED) is 0.664. The van der Waals surface area contributed by atoms with Crippen LogP contribution in [-0.2, 0) is 9.53 Å². The monoisotopic (exact) mass is 285 g/mol. The summed E-state index contributed by atoms with van der Waals surface area (Å²) in [6.45, 7) is 7.45. The minimum atomic E-state index is -0.835. The highest BCUT2D eigenvalue weighted by atomic mass is 16.5. The maximum Gasteiger partial charge on any atom is 0.320 e. The standard InChI is InChI=1S/C13H23N3O4/c1-3-4-15(9-10-20-2)13(19)16-7-5-14(6-8-16)11-12(17)18/h3H,1,4-11H2,2H3,(H,17,18). The van der Waals surface area contributed by atoms with Crippen LogP contribution in [0, 0.1) is 0 Å². The minimum Gasteiger partial charge on any atom is -0.480 e. The zero-order valence-corrected chi connectivity index (χ0v) is 12.0. The highest BCUT2D eigenvalue weighted by Gasteiger charge is 2.25. The topological polar surface area (TPSA) is 73.3 Å². The predicted octanol–water partition coefficient (Wildman–Crippen LogP) is -0.0570. The van der Waals surface area contributed by atoms with Crippen LogP contribution in [0.2, 0.25) is 0 Å². The van der Waals surface area contributed by atoms with Gasteiger partial charge < -0.3 is 19.6 Å². The summed E-state index contributed by atoms with van der Waals surface area (Å²) < 4.78 is 5.00.